The molecule has 2 N–H and O–H groups in total. The summed E-state index contributed by atoms with van der Waals surface area (Å²) in [7, 11) is 3.17. The van der Waals surface area contributed by atoms with Gasteiger partial charge in [-0.1, -0.05) is 6.07 Å². The molecule has 0 amide bonds. The molecule has 1 aromatic carbocycles. The number of hydrogen-bond donors (Lipinski definition) is 2. The molecule has 0 spiro atoms. The van der Waals surface area contributed by atoms with Gasteiger partial charge in [-0.3, -0.25) is 5.43 Å². The Bertz CT molecular complexity index is 814. The minimum absolute atomic E-state index is 0.542. The fraction of sp³-hybridized carbons (Fsp3) is 0.143. The Labute approximate surface area is 126 Å². The number of nitrogens with one attached hydrogen (secondary N) is 2. The molecular formula is C14H14N6O2. The van der Waals surface area contributed by atoms with Crippen molar-refractivity contribution < 1.29 is 9.47 Å². The van der Waals surface area contributed by atoms with Gasteiger partial charge in [0.2, 0.25) is 0 Å². The molecule has 0 unspecified atom stereocenters. The second-order valence-corrected chi connectivity index (χ2v) is 4.28. The zero-order valence-electron chi connectivity index (χ0n) is 12.1. The number of hydrazone groups is 1. The number of nitrogens with zero attached hydrogens (tertiary/aromatic N) is 4. The summed E-state index contributed by atoms with van der Waals surface area (Å²) in [5.41, 5.74) is 4.91. The van der Waals surface area contributed by atoms with E-state index in [2.05, 4.69) is 30.5 Å². The SMILES string of the molecule is COc1cccc(C=NNc2ncnc3nc[nH]c23)c1OC. The van der Waals surface area contributed by atoms with Gasteiger partial charge in [-0.2, -0.15) is 5.10 Å². The van der Waals surface area contributed by atoms with E-state index in [1.54, 1.807) is 26.8 Å². The number of aromatic amines is 1. The van der Waals surface area contributed by atoms with E-state index in [9.17, 15) is 0 Å². The second-order valence-electron chi connectivity index (χ2n) is 4.28. The van der Waals surface area contributed by atoms with Gasteiger partial charge in [-0.05, 0) is 12.1 Å². The van der Waals surface area contributed by atoms with Gasteiger partial charge in [-0.25, -0.2) is 15.0 Å². The molecule has 3 aromatic rings. The first-order valence-corrected chi connectivity index (χ1v) is 6.47. The Hall–Kier alpha value is -3.16. The van der Waals surface area contributed by atoms with Crippen molar-refractivity contribution in [1.82, 2.24) is 19.9 Å². The van der Waals surface area contributed by atoms with Crippen LogP contribution in [0, 0.1) is 0 Å². The van der Waals surface area contributed by atoms with Gasteiger partial charge in [-0.15, -0.1) is 0 Å². The summed E-state index contributed by atoms with van der Waals surface area (Å²) in [6, 6.07) is 5.56. The monoisotopic (exact) mass is 298 g/mol. The standard InChI is InChI=1S/C14H14N6O2/c1-21-10-5-3-4-9(12(10)22-2)6-19-20-14-11-13(16-7-15-11)17-8-18-14/h3-8H,1-2H3,(H2,15,16,17,18,20). The first kappa shape index (κ1) is 13.8. The van der Waals surface area contributed by atoms with Crippen LogP contribution in [0.1, 0.15) is 5.56 Å². The van der Waals surface area contributed by atoms with Crippen molar-refractivity contribution in [3.05, 3.63) is 36.4 Å². The molecule has 0 fully saturated rings. The fourth-order valence-electron chi connectivity index (χ4n) is 2.03. The van der Waals surface area contributed by atoms with Crippen molar-refractivity contribution in [2.24, 2.45) is 5.10 Å². The Morgan fingerprint density at radius 2 is 2.09 bits per heavy atom. The fourth-order valence-corrected chi connectivity index (χ4v) is 2.03. The number of benzene rings is 1. The van der Waals surface area contributed by atoms with Crippen molar-refractivity contribution in [1.29, 1.82) is 0 Å². The van der Waals surface area contributed by atoms with Crippen LogP contribution >= 0.6 is 0 Å². The van der Waals surface area contributed by atoms with Gasteiger partial charge < -0.3 is 14.5 Å². The maximum Gasteiger partial charge on any atom is 0.182 e. The van der Waals surface area contributed by atoms with Crippen LogP contribution in [0.25, 0.3) is 11.2 Å². The number of aromatic nitrogens is 4. The molecule has 0 aliphatic heterocycles. The molecule has 0 saturated heterocycles. The molecule has 0 radical (unpaired) electrons. The predicted octanol–water partition coefficient (Wildman–Crippen LogP) is 1.82. The second kappa shape index (κ2) is 6.08. The van der Waals surface area contributed by atoms with Gasteiger partial charge in [0, 0.05) is 5.56 Å². The Morgan fingerprint density at radius 3 is 2.91 bits per heavy atom. The van der Waals surface area contributed by atoms with Crippen molar-refractivity contribution in [3.8, 4) is 11.5 Å². The summed E-state index contributed by atoms with van der Waals surface area (Å²) in [4.78, 5) is 15.2. The van der Waals surface area contributed by atoms with E-state index in [1.807, 2.05) is 18.2 Å². The highest BCUT2D eigenvalue weighted by Gasteiger charge is 2.08. The number of H-pyrrole nitrogens is 1. The number of anilines is 1. The van der Waals surface area contributed by atoms with E-state index in [-0.39, 0.29) is 0 Å². The third-order valence-electron chi connectivity index (χ3n) is 3.03. The summed E-state index contributed by atoms with van der Waals surface area (Å²) in [5.74, 6) is 1.80. The van der Waals surface area contributed by atoms with E-state index in [0.29, 0.717) is 28.5 Å². The molecule has 0 aliphatic rings. The van der Waals surface area contributed by atoms with E-state index < -0.39 is 0 Å². The highest BCUT2D eigenvalue weighted by molar-refractivity contribution is 5.87. The first-order chi connectivity index (χ1) is 10.8. The molecule has 2 heterocycles. The normalized spacial score (nSPS) is 11.0. The summed E-state index contributed by atoms with van der Waals surface area (Å²) in [5, 5.41) is 4.18. The number of ether oxygens (including phenoxy) is 2. The molecule has 0 aliphatic carbocycles. The Morgan fingerprint density at radius 1 is 1.18 bits per heavy atom. The minimum Gasteiger partial charge on any atom is -0.493 e. The zero-order valence-corrected chi connectivity index (χ0v) is 12.1. The first-order valence-electron chi connectivity index (χ1n) is 6.47. The third-order valence-corrected chi connectivity index (χ3v) is 3.03. The van der Waals surface area contributed by atoms with Gasteiger partial charge in [0.25, 0.3) is 0 Å². The number of rotatable bonds is 5. The summed E-state index contributed by atoms with van der Waals surface area (Å²) in [6.45, 7) is 0. The minimum atomic E-state index is 0.542. The number of para-hydroxylation sites is 1. The molecule has 8 heteroatoms. The van der Waals surface area contributed by atoms with Crippen LogP contribution in [0.2, 0.25) is 0 Å². The van der Waals surface area contributed by atoms with Gasteiger partial charge >= 0.3 is 0 Å². The maximum atomic E-state index is 5.34. The molecule has 22 heavy (non-hydrogen) atoms. The summed E-state index contributed by atoms with van der Waals surface area (Å²) >= 11 is 0. The number of hydrogen-bond acceptors (Lipinski definition) is 7. The van der Waals surface area contributed by atoms with Crippen LogP contribution in [-0.4, -0.2) is 40.4 Å². The van der Waals surface area contributed by atoms with Crippen LogP contribution in [0.4, 0.5) is 5.82 Å². The van der Waals surface area contributed by atoms with Gasteiger partial charge in [0.15, 0.2) is 23.0 Å². The summed E-state index contributed by atoms with van der Waals surface area (Å²) < 4.78 is 10.6. The lowest BCUT2D eigenvalue weighted by Crippen LogP contribution is -1.98. The van der Waals surface area contributed by atoms with Gasteiger partial charge in [0.05, 0.1) is 26.8 Å². The van der Waals surface area contributed by atoms with Crippen molar-refractivity contribution in [2.75, 3.05) is 19.6 Å². The van der Waals surface area contributed by atoms with Crippen LogP contribution in [-0.2, 0) is 0 Å². The molecule has 3 rings (SSSR count). The topological polar surface area (TPSA) is 97.3 Å². The maximum absolute atomic E-state index is 5.34. The van der Waals surface area contributed by atoms with E-state index in [1.165, 1.54) is 6.33 Å². The molecule has 2 aromatic heterocycles. The van der Waals surface area contributed by atoms with Crippen LogP contribution in [0.15, 0.2) is 36.0 Å². The van der Waals surface area contributed by atoms with Gasteiger partial charge in [0.1, 0.15) is 11.8 Å². The lowest BCUT2D eigenvalue weighted by atomic mass is 10.2. The van der Waals surface area contributed by atoms with E-state index in [4.69, 9.17) is 9.47 Å². The summed E-state index contributed by atoms with van der Waals surface area (Å²) in [6.07, 6.45) is 4.61. The Kier molecular flexibility index (Phi) is 3.82. The van der Waals surface area contributed by atoms with E-state index in [0.717, 1.165) is 5.56 Å². The largest absolute Gasteiger partial charge is 0.493 e. The van der Waals surface area contributed by atoms with Crippen molar-refractivity contribution in [2.45, 2.75) is 0 Å². The molecule has 0 atom stereocenters. The number of methoxy groups -OCH3 is 2. The average molecular weight is 298 g/mol. The highest BCUT2D eigenvalue weighted by Crippen LogP contribution is 2.29. The number of imidazole rings is 1. The zero-order chi connectivity index (χ0) is 15.4. The quantitative estimate of drug-likeness (QED) is 0.551. The highest BCUT2D eigenvalue weighted by atomic mass is 16.5. The third kappa shape index (κ3) is 2.53. The van der Waals surface area contributed by atoms with Crippen LogP contribution < -0.4 is 14.9 Å². The van der Waals surface area contributed by atoms with Crippen molar-refractivity contribution in [3.63, 3.8) is 0 Å². The molecular weight excluding hydrogens is 284 g/mol. The van der Waals surface area contributed by atoms with Crippen LogP contribution in [0.5, 0.6) is 11.5 Å². The molecule has 0 saturated carbocycles. The lowest BCUT2D eigenvalue weighted by Gasteiger charge is -2.09. The molecule has 112 valence electrons. The lowest BCUT2D eigenvalue weighted by molar-refractivity contribution is 0.354. The average Bonchev–Trinajstić information content (AvgIpc) is 3.04. The van der Waals surface area contributed by atoms with E-state index >= 15 is 0 Å². The predicted molar refractivity (Wildman–Crippen MR) is 82.4 cm³/mol. The Balaban J connectivity index is 1.85. The molecule has 8 nitrogen and oxygen atoms in total. The van der Waals surface area contributed by atoms with Crippen LogP contribution in [0.3, 0.4) is 0 Å². The molecule has 0 bridgehead atoms. The van der Waals surface area contributed by atoms with Crippen molar-refractivity contribution >= 4 is 23.2 Å². The smallest absolute Gasteiger partial charge is 0.182 e. The number of fused-ring (bicyclic) bond motifs is 1.